The Kier molecular flexibility index (Phi) is 5.92. The van der Waals surface area contributed by atoms with Gasteiger partial charge in [0.1, 0.15) is 0 Å². The molecule has 2 rings (SSSR count). The Morgan fingerprint density at radius 1 is 1.40 bits per heavy atom. The predicted molar refractivity (Wildman–Crippen MR) is 85.1 cm³/mol. The summed E-state index contributed by atoms with van der Waals surface area (Å²) in [6.45, 7) is 6.71. The van der Waals surface area contributed by atoms with Crippen LogP contribution in [0.1, 0.15) is 25.8 Å². The molecule has 0 radical (unpaired) electrons. The van der Waals surface area contributed by atoms with E-state index in [2.05, 4.69) is 48.7 Å². The number of thioether (sulfide) groups is 1. The highest BCUT2D eigenvalue weighted by molar-refractivity contribution is 8.00. The van der Waals surface area contributed by atoms with Crippen molar-refractivity contribution in [2.75, 3.05) is 19.6 Å². The van der Waals surface area contributed by atoms with Crippen LogP contribution in [-0.4, -0.2) is 30.8 Å². The highest BCUT2D eigenvalue weighted by Gasteiger charge is 2.20. The van der Waals surface area contributed by atoms with Crippen LogP contribution in [0.5, 0.6) is 0 Å². The summed E-state index contributed by atoms with van der Waals surface area (Å²) in [5.41, 5.74) is 1.46. The molecule has 0 saturated heterocycles. The molecule has 0 saturated carbocycles. The van der Waals surface area contributed by atoms with E-state index >= 15 is 0 Å². The fourth-order valence-electron chi connectivity index (χ4n) is 2.24. The Labute approximate surface area is 125 Å². The van der Waals surface area contributed by atoms with Crippen LogP contribution in [0.15, 0.2) is 29.2 Å². The normalized spacial score (nSPS) is 17.2. The third kappa shape index (κ3) is 4.84. The Morgan fingerprint density at radius 3 is 2.95 bits per heavy atom. The maximum atomic E-state index is 11.6. The number of amides is 1. The number of carbonyl (C=O) groups is 1. The molecular weight excluding hydrogens is 268 g/mol. The number of hydrogen-bond acceptors (Lipinski definition) is 3. The fraction of sp³-hybridized carbons (Fsp3) is 0.562. The number of carbonyl (C=O) groups excluding carboxylic acids is 1. The van der Waals surface area contributed by atoms with Crippen LogP contribution >= 0.6 is 11.8 Å². The monoisotopic (exact) mass is 292 g/mol. The summed E-state index contributed by atoms with van der Waals surface area (Å²) in [5, 5.41) is 6.94. The van der Waals surface area contributed by atoms with Crippen molar-refractivity contribution in [2.45, 2.75) is 36.8 Å². The first-order chi connectivity index (χ1) is 9.65. The quantitative estimate of drug-likeness (QED) is 0.759. The highest BCUT2D eigenvalue weighted by Crippen LogP contribution is 2.36. The molecule has 1 aromatic rings. The van der Waals surface area contributed by atoms with Crippen LogP contribution in [0.3, 0.4) is 0 Å². The molecule has 1 aliphatic heterocycles. The Morgan fingerprint density at radius 2 is 2.20 bits per heavy atom. The maximum Gasteiger partial charge on any atom is 0.221 e. The third-order valence-electron chi connectivity index (χ3n) is 3.32. The molecule has 1 heterocycles. The Balaban J connectivity index is 1.58. The number of rotatable bonds is 7. The predicted octanol–water partition coefficient (Wildman–Crippen LogP) is 2.46. The van der Waals surface area contributed by atoms with Crippen molar-refractivity contribution < 1.29 is 4.79 Å². The molecule has 1 amide bonds. The SMILES string of the molecule is CC(C)CNC(=O)CCNCC1Cc2ccccc2S1. The van der Waals surface area contributed by atoms with Gasteiger partial charge in [-0.2, -0.15) is 0 Å². The van der Waals surface area contributed by atoms with E-state index in [0.717, 1.165) is 26.1 Å². The minimum Gasteiger partial charge on any atom is -0.356 e. The summed E-state index contributed by atoms with van der Waals surface area (Å²) in [6, 6.07) is 8.61. The topological polar surface area (TPSA) is 41.1 Å². The number of fused-ring (bicyclic) bond motifs is 1. The van der Waals surface area contributed by atoms with Gasteiger partial charge in [-0.3, -0.25) is 4.79 Å². The molecule has 0 spiro atoms. The lowest BCUT2D eigenvalue weighted by Gasteiger charge is -2.11. The van der Waals surface area contributed by atoms with Crippen molar-refractivity contribution in [1.82, 2.24) is 10.6 Å². The van der Waals surface area contributed by atoms with Crippen LogP contribution in [-0.2, 0) is 11.2 Å². The lowest BCUT2D eigenvalue weighted by atomic mass is 10.1. The van der Waals surface area contributed by atoms with Crippen LogP contribution in [0.2, 0.25) is 0 Å². The van der Waals surface area contributed by atoms with Crippen molar-refractivity contribution in [2.24, 2.45) is 5.92 Å². The lowest BCUT2D eigenvalue weighted by Crippen LogP contribution is -2.32. The van der Waals surface area contributed by atoms with Crippen molar-refractivity contribution in [1.29, 1.82) is 0 Å². The van der Waals surface area contributed by atoms with E-state index < -0.39 is 0 Å². The van der Waals surface area contributed by atoms with Crippen molar-refractivity contribution >= 4 is 17.7 Å². The molecule has 3 nitrogen and oxygen atoms in total. The first kappa shape index (κ1) is 15.4. The van der Waals surface area contributed by atoms with E-state index in [1.54, 1.807) is 0 Å². The number of benzene rings is 1. The standard InChI is InChI=1S/C16H24N2OS/c1-12(2)10-18-16(19)7-8-17-11-14-9-13-5-3-4-6-15(13)20-14/h3-6,12,14,17H,7-11H2,1-2H3,(H,18,19). The van der Waals surface area contributed by atoms with Gasteiger partial charge in [0.05, 0.1) is 0 Å². The fourth-order valence-corrected chi connectivity index (χ4v) is 3.52. The second kappa shape index (κ2) is 7.70. The Bertz CT molecular complexity index is 423. The van der Waals surface area contributed by atoms with Crippen molar-refractivity contribution in [3.8, 4) is 0 Å². The molecule has 4 heteroatoms. The van der Waals surface area contributed by atoms with Crippen molar-refractivity contribution in [3.63, 3.8) is 0 Å². The van der Waals surface area contributed by atoms with E-state index in [4.69, 9.17) is 0 Å². The summed E-state index contributed by atoms with van der Waals surface area (Å²) >= 11 is 1.95. The largest absolute Gasteiger partial charge is 0.356 e. The summed E-state index contributed by atoms with van der Waals surface area (Å²) in [6.07, 6.45) is 1.70. The van der Waals surface area contributed by atoms with Crippen LogP contribution < -0.4 is 10.6 Å². The van der Waals surface area contributed by atoms with Crippen molar-refractivity contribution in [3.05, 3.63) is 29.8 Å². The molecule has 20 heavy (non-hydrogen) atoms. The van der Waals surface area contributed by atoms with Gasteiger partial charge in [-0.1, -0.05) is 32.0 Å². The molecule has 0 aliphatic carbocycles. The number of nitrogens with one attached hydrogen (secondary N) is 2. The average molecular weight is 292 g/mol. The van der Waals surface area contributed by atoms with E-state index in [0.29, 0.717) is 17.6 Å². The molecule has 1 atom stereocenters. The van der Waals surface area contributed by atoms with Gasteiger partial charge in [-0.25, -0.2) is 0 Å². The minimum absolute atomic E-state index is 0.147. The van der Waals surface area contributed by atoms with Gasteiger partial charge in [0.2, 0.25) is 5.91 Å². The van der Waals surface area contributed by atoms with Gasteiger partial charge in [0, 0.05) is 36.2 Å². The zero-order valence-electron chi connectivity index (χ0n) is 12.3. The molecule has 110 valence electrons. The molecule has 0 aromatic heterocycles. The van der Waals surface area contributed by atoms with E-state index in [1.807, 2.05) is 11.8 Å². The summed E-state index contributed by atoms with van der Waals surface area (Å²) in [5.74, 6) is 0.661. The maximum absolute atomic E-state index is 11.6. The van der Waals surface area contributed by atoms with Gasteiger partial charge in [-0.05, 0) is 24.0 Å². The summed E-state index contributed by atoms with van der Waals surface area (Å²) < 4.78 is 0. The molecule has 1 aromatic carbocycles. The van der Waals surface area contributed by atoms with E-state index in [-0.39, 0.29) is 5.91 Å². The van der Waals surface area contributed by atoms with Gasteiger partial charge in [0.25, 0.3) is 0 Å². The zero-order chi connectivity index (χ0) is 14.4. The summed E-state index contributed by atoms with van der Waals surface area (Å²) in [4.78, 5) is 13.0. The average Bonchev–Trinajstić information content (AvgIpc) is 2.84. The van der Waals surface area contributed by atoms with Gasteiger partial charge in [-0.15, -0.1) is 11.8 Å². The van der Waals surface area contributed by atoms with E-state index in [1.165, 1.54) is 10.5 Å². The second-order valence-electron chi connectivity index (χ2n) is 5.70. The molecule has 1 unspecified atom stereocenters. The Hall–Kier alpha value is -1.00. The number of hydrogen-bond donors (Lipinski definition) is 2. The third-order valence-corrected chi connectivity index (χ3v) is 4.64. The minimum atomic E-state index is 0.147. The zero-order valence-corrected chi connectivity index (χ0v) is 13.1. The van der Waals surface area contributed by atoms with Crippen LogP contribution in [0, 0.1) is 5.92 Å². The van der Waals surface area contributed by atoms with Gasteiger partial charge in [0.15, 0.2) is 0 Å². The molecule has 0 fully saturated rings. The molecular formula is C16H24N2OS. The first-order valence-corrected chi connectivity index (χ1v) is 8.25. The highest BCUT2D eigenvalue weighted by atomic mass is 32.2. The first-order valence-electron chi connectivity index (χ1n) is 7.37. The smallest absolute Gasteiger partial charge is 0.221 e. The summed E-state index contributed by atoms with van der Waals surface area (Å²) in [7, 11) is 0. The van der Waals surface area contributed by atoms with Gasteiger partial charge >= 0.3 is 0 Å². The van der Waals surface area contributed by atoms with Gasteiger partial charge < -0.3 is 10.6 Å². The van der Waals surface area contributed by atoms with Crippen LogP contribution in [0.4, 0.5) is 0 Å². The van der Waals surface area contributed by atoms with Crippen LogP contribution in [0.25, 0.3) is 0 Å². The molecule has 2 N–H and O–H groups in total. The molecule has 1 aliphatic rings. The molecule has 0 bridgehead atoms. The second-order valence-corrected chi connectivity index (χ2v) is 7.05. The van der Waals surface area contributed by atoms with E-state index in [9.17, 15) is 4.79 Å². The lowest BCUT2D eigenvalue weighted by molar-refractivity contribution is -0.121.